The van der Waals surface area contributed by atoms with Gasteiger partial charge in [-0.15, -0.1) is 0 Å². The number of halogens is 1. The van der Waals surface area contributed by atoms with E-state index in [1.807, 2.05) is 18.0 Å². The number of nitrogens with one attached hydrogen (secondary N) is 4. The van der Waals surface area contributed by atoms with Crippen molar-refractivity contribution in [3.63, 3.8) is 0 Å². The zero-order valence-electron chi connectivity index (χ0n) is 13.6. The van der Waals surface area contributed by atoms with Crippen LogP contribution in [0.3, 0.4) is 0 Å². The number of hydrogen-bond acceptors (Lipinski definition) is 6. The van der Waals surface area contributed by atoms with Crippen molar-refractivity contribution in [2.75, 3.05) is 26.7 Å². The van der Waals surface area contributed by atoms with E-state index in [9.17, 15) is 14.3 Å². The van der Waals surface area contributed by atoms with Crippen LogP contribution in [0.5, 0.6) is 0 Å². The van der Waals surface area contributed by atoms with Crippen LogP contribution in [0.25, 0.3) is 0 Å². The van der Waals surface area contributed by atoms with Crippen molar-refractivity contribution in [2.45, 2.75) is 24.5 Å². The Morgan fingerprint density at radius 1 is 1.46 bits per heavy atom. The molecule has 1 unspecified atom stereocenters. The number of carbonyl (C=O) groups is 1. The number of nitrogens with zero attached hydrogens (tertiary/aromatic N) is 1. The highest BCUT2D eigenvalue weighted by Crippen LogP contribution is 2.40. The normalized spacial score (nSPS) is 30.6. The molecule has 0 bridgehead atoms. The molecule has 2 saturated heterocycles. The topological polar surface area (TPSA) is 88.7 Å². The zero-order chi connectivity index (χ0) is 17.1. The van der Waals surface area contributed by atoms with Gasteiger partial charge in [0.15, 0.2) is 0 Å². The minimum absolute atomic E-state index is 0.0178. The molecule has 3 rings (SSSR count). The first-order valence-electron chi connectivity index (χ1n) is 8.20. The third-order valence-corrected chi connectivity index (χ3v) is 4.97. The molecular weight excluding hydrogens is 313 g/mol. The minimum atomic E-state index is -0.329. The molecule has 0 saturated carbocycles. The summed E-state index contributed by atoms with van der Waals surface area (Å²) < 4.78 is 14.3. The second-order valence-corrected chi connectivity index (χ2v) is 6.41. The molecular formula is C16H24FN5O2. The number of rotatable bonds is 5. The minimum Gasteiger partial charge on any atom is -0.395 e. The van der Waals surface area contributed by atoms with E-state index >= 15 is 0 Å². The lowest BCUT2D eigenvalue weighted by Gasteiger charge is -2.28. The van der Waals surface area contributed by atoms with E-state index < -0.39 is 0 Å². The summed E-state index contributed by atoms with van der Waals surface area (Å²) in [6.07, 6.45) is 0.709. The van der Waals surface area contributed by atoms with Crippen molar-refractivity contribution in [2.24, 2.45) is 5.92 Å². The molecule has 2 aliphatic heterocycles. The van der Waals surface area contributed by atoms with Crippen LogP contribution in [0.1, 0.15) is 18.0 Å². The average molecular weight is 337 g/mol. The van der Waals surface area contributed by atoms with Crippen molar-refractivity contribution in [1.29, 1.82) is 0 Å². The third-order valence-electron chi connectivity index (χ3n) is 4.97. The van der Waals surface area contributed by atoms with Crippen LogP contribution in [0.4, 0.5) is 4.39 Å². The number of hydrazine groups is 2. The third kappa shape index (κ3) is 3.42. The molecule has 0 radical (unpaired) electrons. The fourth-order valence-corrected chi connectivity index (χ4v) is 3.65. The Morgan fingerprint density at radius 2 is 2.25 bits per heavy atom. The standard InChI is InChI=1S/C16H24FN5O2/c1-22-11(9-23)6-10(7-18-16(24)14-8-19-21-20-14)15(22)12-4-2-3-5-13(12)17/h2-5,10-11,14-15,19-21,23H,6-9H2,1H3,(H,18,24)/t10-,11+,14?,15-/m0/s1. The fourth-order valence-electron chi connectivity index (χ4n) is 3.65. The van der Waals surface area contributed by atoms with Gasteiger partial charge in [-0.25, -0.2) is 15.2 Å². The number of aliphatic hydroxyl groups excluding tert-OH is 1. The number of aliphatic hydroxyl groups is 1. The highest BCUT2D eigenvalue weighted by atomic mass is 19.1. The number of benzene rings is 1. The molecule has 2 fully saturated rings. The van der Waals surface area contributed by atoms with Gasteiger partial charge >= 0.3 is 0 Å². The Labute approximate surface area is 140 Å². The highest BCUT2D eigenvalue weighted by Gasteiger charge is 2.40. The second kappa shape index (κ2) is 7.54. The first-order valence-corrected chi connectivity index (χ1v) is 8.20. The van der Waals surface area contributed by atoms with Crippen molar-refractivity contribution in [3.8, 4) is 0 Å². The van der Waals surface area contributed by atoms with Gasteiger partial charge in [-0.2, -0.15) is 5.53 Å². The van der Waals surface area contributed by atoms with Crippen LogP contribution in [-0.2, 0) is 4.79 Å². The van der Waals surface area contributed by atoms with Gasteiger partial charge in [0.05, 0.1) is 6.61 Å². The van der Waals surface area contributed by atoms with Crippen molar-refractivity contribution in [3.05, 3.63) is 35.6 Å². The Bertz CT molecular complexity index is 581. The number of likely N-dealkylation sites (N-methyl/N-ethyl adjacent to an activating group) is 1. The molecule has 1 aromatic carbocycles. The van der Waals surface area contributed by atoms with E-state index in [-0.39, 0.29) is 42.4 Å². The van der Waals surface area contributed by atoms with E-state index in [2.05, 4.69) is 21.7 Å². The Kier molecular flexibility index (Phi) is 5.42. The molecule has 7 nitrogen and oxygen atoms in total. The maximum absolute atomic E-state index is 14.3. The summed E-state index contributed by atoms with van der Waals surface area (Å²) in [6, 6.07) is 6.17. The van der Waals surface area contributed by atoms with Crippen LogP contribution in [-0.4, -0.2) is 54.7 Å². The van der Waals surface area contributed by atoms with Gasteiger partial charge in [-0.1, -0.05) is 18.2 Å². The summed E-state index contributed by atoms with van der Waals surface area (Å²) in [5.41, 5.74) is 8.97. The van der Waals surface area contributed by atoms with Gasteiger partial charge in [-0.05, 0) is 25.5 Å². The summed E-state index contributed by atoms with van der Waals surface area (Å²) in [4.78, 5) is 14.2. The zero-order valence-corrected chi connectivity index (χ0v) is 13.6. The van der Waals surface area contributed by atoms with Crippen molar-refractivity contribution in [1.82, 2.24) is 26.6 Å². The first-order chi connectivity index (χ1) is 11.6. The predicted octanol–water partition coefficient (Wildman–Crippen LogP) is -0.723. The first kappa shape index (κ1) is 17.2. The molecule has 5 N–H and O–H groups in total. The number of carbonyl (C=O) groups excluding carboxylic acids is 1. The van der Waals surface area contributed by atoms with Crippen molar-refractivity contribution >= 4 is 5.91 Å². The summed E-state index contributed by atoms with van der Waals surface area (Å²) in [7, 11) is 1.90. The maximum Gasteiger partial charge on any atom is 0.239 e. The largest absolute Gasteiger partial charge is 0.395 e. The average Bonchev–Trinajstić information content (AvgIpc) is 3.22. The van der Waals surface area contributed by atoms with E-state index in [0.717, 1.165) is 0 Å². The monoisotopic (exact) mass is 337 g/mol. The lowest BCUT2D eigenvalue weighted by atomic mass is 9.92. The summed E-state index contributed by atoms with van der Waals surface area (Å²) in [6.45, 7) is 0.965. The fraction of sp³-hybridized carbons (Fsp3) is 0.562. The van der Waals surface area contributed by atoms with E-state index in [0.29, 0.717) is 25.1 Å². The van der Waals surface area contributed by atoms with Gasteiger partial charge in [0.1, 0.15) is 11.9 Å². The summed E-state index contributed by atoms with van der Waals surface area (Å²) in [5, 5.41) is 12.5. The van der Waals surface area contributed by atoms with Crippen LogP contribution in [0.15, 0.2) is 24.3 Å². The Morgan fingerprint density at radius 3 is 2.92 bits per heavy atom. The van der Waals surface area contributed by atoms with E-state index in [1.54, 1.807) is 12.1 Å². The quantitative estimate of drug-likeness (QED) is 0.487. The van der Waals surface area contributed by atoms with Gasteiger partial charge in [0.25, 0.3) is 0 Å². The lowest BCUT2D eigenvalue weighted by molar-refractivity contribution is -0.122. The molecule has 24 heavy (non-hydrogen) atoms. The van der Waals surface area contributed by atoms with Gasteiger partial charge in [0.2, 0.25) is 5.91 Å². The van der Waals surface area contributed by atoms with Gasteiger partial charge in [-0.3, -0.25) is 9.69 Å². The highest BCUT2D eigenvalue weighted by molar-refractivity contribution is 5.82. The predicted molar refractivity (Wildman–Crippen MR) is 87.0 cm³/mol. The van der Waals surface area contributed by atoms with Crippen molar-refractivity contribution < 1.29 is 14.3 Å². The number of likely N-dealkylation sites (tertiary alicyclic amines) is 1. The molecule has 132 valence electrons. The van der Waals surface area contributed by atoms with E-state index in [4.69, 9.17) is 0 Å². The van der Waals surface area contributed by atoms with E-state index in [1.165, 1.54) is 6.07 Å². The molecule has 0 spiro atoms. The Hall–Kier alpha value is -1.58. The summed E-state index contributed by atoms with van der Waals surface area (Å²) >= 11 is 0. The molecule has 8 heteroatoms. The molecule has 1 amide bonds. The molecule has 0 aromatic heterocycles. The van der Waals surface area contributed by atoms with Gasteiger partial charge < -0.3 is 10.4 Å². The molecule has 2 heterocycles. The Balaban J connectivity index is 1.71. The maximum atomic E-state index is 14.3. The van der Waals surface area contributed by atoms with Gasteiger partial charge in [0, 0.05) is 30.7 Å². The summed E-state index contributed by atoms with van der Waals surface area (Å²) in [5.74, 6) is -0.319. The molecule has 0 aliphatic carbocycles. The number of hydrogen-bond donors (Lipinski definition) is 5. The second-order valence-electron chi connectivity index (χ2n) is 6.41. The lowest BCUT2D eigenvalue weighted by Crippen LogP contribution is -2.46. The number of amides is 1. The molecule has 1 aromatic rings. The van der Waals surface area contributed by atoms with Crippen LogP contribution in [0.2, 0.25) is 0 Å². The smallest absolute Gasteiger partial charge is 0.239 e. The SMILES string of the molecule is CN1[C@@H](CO)C[C@@H](CNC(=O)C2CNNN2)[C@H]1c1ccccc1F. The van der Waals surface area contributed by atoms with Crippen LogP contribution < -0.4 is 21.7 Å². The van der Waals surface area contributed by atoms with Crippen LogP contribution in [0, 0.1) is 11.7 Å². The molecule has 4 atom stereocenters. The molecule has 2 aliphatic rings. The van der Waals surface area contributed by atoms with Crippen LogP contribution >= 0.6 is 0 Å².